The Balaban J connectivity index is 1.14. The molecule has 2 heterocycles. The monoisotopic (exact) mass is 628 g/mol. The maximum atomic E-state index is 14.2. The molecule has 1 aromatic heterocycles. The van der Waals surface area contributed by atoms with E-state index in [0.29, 0.717) is 30.2 Å². The zero-order valence-corrected chi connectivity index (χ0v) is 24.9. The molecule has 0 atom stereocenters. The average Bonchev–Trinajstić information content (AvgIpc) is 3.61. The fourth-order valence-corrected chi connectivity index (χ4v) is 5.88. The van der Waals surface area contributed by atoms with Crippen LogP contribution in [0.4, 0.5) is 24.5 Å². The summed E-state index contributed by atoms with van der Waals surface area (Å²) in [7, 11) is 1.69. The van der Waals surface area contributed by atoms with Crippen LogP contribution >= 0.6 is 0 Å². The smallest absolute Gasteiger partial charge is 0.381 e. The van der Waals surface area contributed by atoms with Crippen molar-refractivity contribution in [1.29, 1.82) is 5.26 Å². The number of anilines is 2. The van der Waals surface area contributed by atoms with Crippen molar-refractivity contribution in [3.05, 3.63) is 89.3 Å². The van der Waals surface area contributed by atoms with Crippen molar-refractivity contribution >= 4 is 34.2 Å². The summed E-state index contributed by atoms with van der Waals surface area (Å²) in [4.78, 5) is 30.1. The van der Waals surface area contributed by atoms with Gasteiger partial charge in [0.15, 0.2) is 0 Å². The van der Waals surface area contributed by atoms with Gasteiger partial charge < -0.3 is 25.3 Å². The fraction of sp³-hybridized carbons (Fsp3) is 0.294. The Bertz CT molecular complexity index is 1890. The van der Waals surface area contributed by atoms with Gasteiger partial charge in [0.1, 0.15) is 11.9 Å². The van der Waals surface area contributed by atoms with E-state index in [0.717, 1.165) is 37.6 Å². The Labute approximate surface area is 263 Å². The summed E-state index contributed by atoms with van der Waals surface area (Å²) in [5.41, 5.74) is 1.14. The van der Waals surface area contributed by atoms with Gasteiger partial charge in [0.25, 0.3) is 5.91 Å². The number of nitriles is 1. The number of carbonyl (C=O) groups is 2. The molecular weight excluding hydrogens is 597 g/mol. The first-order valence-corrected chi connectivity index (χ1v) is 14.9. The van der Waals surface area contributed by atoms with Crippen LogP contribution < -0.4 is 16.0 Å². The van der Waals surface area contributed by atoms with Gasteiger partial charge in [-0.25, -0.2) is 4.98 Å². The molecule has 1 saturated carbocycles. The summed E-state index contributed by atoms with van der Waals surface area (Å²) in [6.45, 7) is 1.15. The number of alkyl halides is 3. The van der Waals surface area contributed by atoms with Crippen LogP contribution in [-0.2, 0) is 28.7 Å². The van der Waals surface area contributed by atoms with Crippen LogP contribution in [0.2, 0.25) is 0 Å². The van der Waals surface area contributed by atoms with Gasteiger partial charge in [-0.05, 0) is 72.9 Å². The second kappa shape index (κ2) is 12.8. The number of methoxy groups -OCH3 is 1. The van der Waals surface area contributed by atoms with Crippen molar-refractivity contribution in [3.63, 3.8) is 0 Å². The first-order chi connectivity index (χ1) is 22.1. The average molecular weight is 629 g/mol. The third-order valence-electron chi connectivity index (χ3n) is 8.37. The van der Waals surface area contributed by atoms with Crippen LogP contribution in [0, 0.1) is 11.3 Å². The van der Waals surface area contributed by atoms with Crippen LogP contribution in [0.5, 0.6) is 0 Å². The molecule has 0 saturated heterocycles. The van der Waals surface area contributed by atoms with Gasteiger partial charge in [0, 0.05) is 50.0 Å². The summed E-state index contributed by atoms with van der Waals surface area (Å²) in [6.07, 6.45) is 2.16. The molecule has 0 bridgehead atoms. The topological polar surface area (TPSA) is 121 Å². The number of imidazole rings is 1. The number of hydrogen-bond acceptors (Lipinski definition) is 6. The van der Waals surface area contributed by atoms with Crippen LogP contribution in [0.15, 0.2) is 66.7 Å². The second-order valence-electron chi connectivity index (χ2n) is 11.4. The molecule has 3 aromatic carbocycles. The molecule has 2 aliphatic rings. The molecule has 0 spiro atoms. The molecule has 236 valence electrons. The Morgan fingerprint density at radius 3 is 2.72 bits per heavy atom. The van der Waals surface area contributed by atoms with Crippen LogP contribution in [-0.4, -0.2) is 47.2 Å². The molecular formula is C34H31F3N6O3. The maximum Gasteiger partial charge on any atom is 0.417 e. The highest BCUT2D eigenvalue weighted by molar-refractivity contribution is 6.06. The van der Waals surface area contributed by atoms with Crippen LogP contribution in [0.1, 0.15) is 46.6 Å². The van der Waals surface area contributed by atoms with E-state index in [2.05, 4.69) is 20.9 Å². The van der Waals surface area contributed by atoms with E-state index in [1.54, 1.807) is 31.4 Å². The van der Waals surface area contributed by atoms with Gasteiger partial charge in [-0.3, -0.25) is 9.59 Å². The number of aromatic nitrogens is 2. The number of nitrogens with zero attached hydrogens (tertiary/aromatic N) is 3. The number of rotatable bonds is 9. The SMILES string of the molecule is COC1CC(NC/C=C/C(=O)Nc2ccc(C(=O)Nc3cccc(-c4cc5nc6n(c5cc4C(F)(F)F)CCC6)c3)cc2C#N)C1. The lowest BCUT2D eigenvalue weighted by atomic mass is 9.89. The largest absolute Gasteiger partial charge is 0.417 e. The van der Waals surface area contributed by atoms with Crippen molar-refractivity contribution in [1.82, 2.24) is 14.9 Å². The number of carbonyl (C=O) groups excluding carboxylic acids is 2. The first-order valence-electron chi connectivity index (χ1n) is 14.9. The minimum atomic E-state index is -4.60. The number of nitrogens with one attached hydrogen (secondary N) is 3. The highest BCUT2D eigenvalue weighted by Crippen LogP contribution is 2.41. The number of fused-ring (bicyclic) bond motifs is 3. The van der Waals surface area contributed by atoms with E-state index >= 15 is 0 Å². The van der Waals surface area contributed by atoms with Gasteiger partial charge in [0.05, 0.1) is 34.0 Å². The van der Waals surface area contributed by atoms with E-state index in [1.807, 2.05) is 10.6 Å². The zero-order chi connectivity index (χ0) is 32.4. The highest BCUT2D eigenvalue weighted by Gasteiger charge is 2.35. The van der Waals surface area contributed by atoms with Crippen molar-refractivity contribution in [3.8, 4) is 17.2 Å². The Morgan fingerprint density at radius 1 is 1.13 bits per heavy atom. The number of amides is 2. The van der Waals surface area contributed by atoms with Crippen molar-refractivity contribution in [2.24, 2.45) is 0 Å². The third kappa shape index (κ3) is 6.51. The Kier molecular flexibility index (Phi) is 8.62. The molecule has 0 unspecified atom stereocenters. The molecule has 3 N–H and O–H groups in total. The first kappa shape index (κ1) is 31.0. The Hall–Kier alpha value is -4.99. The van der Waals surface area contributed by atoms with Crippen molar-refractivity contribution in [2.45, 2.75) is 50.6 Å². The minimum Gasteiger partial charge on any atom is -0.381 e. The van der Waals surface area contributed by atoms with E-state index in [-0.39, 0.29) is 39.7 Å². The molecule has 46 heavy (non-hydrogen) atoms. The molecule has 2 amide bonds. The summed E-state index contributed by atoms with van der Waals surface area (Å²) < 4.78 is 49.7. The van der Waals surface area contributed by atoms with Gasteiger partial charge in [-0.1, -0.05) is 18.2 Å². The lowest BCUT2D eigenvalue weighted by Crippen LogP contribution is -2.45. The van der Waals surface area contributed by atoms with Gasteiger partial charge in [-0.15, -0.1) is 0 Å². The summed E-state index contributed by atoms with van der Waals surface area (Å²) in [6, 6.07) is 15.4. The molecule has 0 radical (unpaired) electrons. The van der Waals surface area contributed by atoms with Gasteiger partial charge in [-0.2, -0.15) is 18.4 Å². The summed E-state index contributed by atoms with van der Waals surface area (Å²) >= 11 is 0. The maximum absolute atomic E-state index is 14.2. The second-order valence-corrected chi connectivity index (χ2v) is 11.4. The third-order valence-corrected chi connectivity index (χ3v) is 8.37. The molecule has 6 rings (SSSR count). The van der Waals surface area contributed by atoms with Crippen molar-refractivity contribution < 1.29 is 27.5 Å². The highest BCUT2D eigenvalue weighted by atomic mass is 19.4. The summed E-state index contributed by atoms with van der Waals surface area (Å²) in [5, 5.41) is 18.3. The zero-order valence-electron chi connectivity index (χ0n) is 24.9. The number of benzene rings is 3. The molecule has 12 heteroatoms. The normalized spacial score (nSPS) is 17.5. The van der Waals surface area contributed by atoms with E-state index < -0.39 is 23.6 Å². The Morgan fingerprint density at radius 2 is 1.96 bits per heavy atom. The standard InChI is InChI=1S/C34H31F3N6O3/c1-46-25-15-24(16-25)39-11-3-8-32(44)42-28-10-9-21(13-22(28)19-38)33(45)40-23-6-2-5-20(14-23)26-17-29-30(18-27(26)34(35,36)37)43-12-4-7-31(43)41-29/h2-3,5-6,8-10,13-14,17-18,24-25,39H,4,7,11-12,15-16H2,1H3,(H,40,45)(H,42,44)/b8-3+. The number of aryl methyl sites for hydroxylation is 2. The molecule has 4 aromatic rings. The fourth-order valence-electron chi connectivity index (χ4n) is 5.88. The van der Waals surface area contributed by atoms with E-state index in [9.17, 15) is 28.0 Å². The van der Waals surface area contributed by atoms with E-state index in [1.165, 1.54) is 36.4 Å². The van der Waals surface area contributed by atoms with Gasteiger partial charge >= 0.3 is 6.18 Å². The van der Waals surface area contributed by atoms with Crippen LogP contribution in [0.25, 0.3) is 22.2 Å². The lowest BCUT2D eigenvalue weighted by molar-refractivity contribution is -0.137. The molecule has 9 nitrogen and oxygen atoms in total. The number of halogens is 3. The number of hydrogen-bond donors (Lipinski definition) is 3. The predicted octanol–water partition coefficient (Wildman–Crippen LogP) is 6.05. The molecule has 1 fully saturated rings. The van der Waals surface area contributed by atoms with Gasteiger partial charge in [0.2, 0.25) is 5.91 Å². The minimum absolute atomic E-state index is 0.0349. The summed E-state index contributed by atoms with van der Waals surface area (Å²) in [5.74, 6) is -0.216. The predicted molar refractivity (Wildman–Crippen MR) is 167 cm³/mol. The lowest BCUT2D eigenvalue weighted by Gasteiger charge is -2.34. The molecule has 1 aliphatic heterocycles. The quantitative estimate of drug-likeness (QED) is 0.194. The van der Waals surface area contributed by atoms with E-state index in [4.69, 9.17) is 4.74 Å². The molecule has 1 aliphatic carbocycles. The van der Waals surface area contributed by atoms with Crippen molar-refractivity contribution in [2.75, 3.05) is 24.3 Å². The van der Waals surface area contributed by atoms with Crippen LogP contribution in [0.3, 0.4) is 0 Å². The number of ether oxygens (including phenoxy) is 1.